The van der Waals surface area contributed by atoms with Gasteiger partial charge in [-0.3, -0.25) is 9.59 Å². The molecule has 0 fully saturated rings. The first-order valence-corrected chi connectivity index (χ1v) is 1.86. The maximum absolute atomic E-state index is 9.00. The Morgan fingerprint density at radius 3 is 0.818 bits per heavy atom. The number of carbonyl (C=O) groups is 2. The molecule has 0 amide bonds. The van der Waals surface area contributed by atoms with Crippen molar-refractivity contribution in [3.63, 3.8) is 0 Å². The first-order valence-electron chi connectivity index (χ1n) is 1.86. The molecule has 0 saturated carbocycles. The van der Waals surface area contributed by atoms with Crippen molar-refractivity contribution in [2.24, 2.45) is 0 Å². The van der Waals surface area contributed by atoms with Crippen molar-refractivity contribution in [2.75, 3.05) is 0 Å². The van der Waals surface area contributed by atoms with Crippen molar-refractivity contribution >= 4 is 11.9 Å². The first-order chi connectivity index (χ1) is 3.46. The van der Waals surface area contributed by atoms with E-state index in [1.54, 1.807) is 0 Å². The van der Waals surface area contributed by atoms with E-state index >= 15 is 0 Å². The van der Waals surface area contributed by atoms with Crippen LogP contribution >= 0.6 is 0 Å². The summed E-state index contributed by atoms with van der Waals surface area (Å²) in [6.07, 6.45) is 0. The fourth-order valence-corrected chi connectivity index (χ4v) is 0. The summed E-state index contributed by atoms with van der Waals surface area (Å²) in [5.74, 6) is -1.67. The quantitative estimate of drug-likeness (QED) is 0.371. The van der Waals surface area contributed by atoms with Gasteiger partial charge in [0.25, 0.3) is 11.9 Å². The molecule has 0 unspecified atom stereocenters. The summed E-state index contributed by atoms with van der Waals surface area (Å²) in [5.41, 5.74) is 0. The molecule has 11 heavy (non-hydrogen) atoms. The maximum Gasteiger partial charge on any atom is 1.00 e. The van der Waals surface area contributed by atoms with E-state index in [0.717, 1.165) is 13.8 Å². The van der Waals surface area contributed by atoms with Crippen LogP contribution in [0.4, 0.5) is 0 Å². The number of rotatable bonds is 0. The van der Waals surface area contributed by atoms with Gasteiger partial charge in [-0.1, -0.05) is 0 Å². The third-order valence-electron chi connectivity index (χ3n) is 0. The van der Waals surface area contributed by atoms with Gasteiger partial charge in [-0.05, 0) is 0 Å². The number of carboxylic acid groups (broad SMARTS) is 2. The molecule has 0 aromatic carbocycles. The topological polar surface area (TPSA) is 74.6 Å². The predicted molar refractivity (Wildman–Crippen MR) is 26.6 cm³/mol. The minimum atomic E-state index is -0.833. The Bertz CT molecular complexity index is 75.3. The fraction of sp³-hybridized carbons (Fsp3) is 0.500. The molecule has 0 aliphatic carbocycles. The van der Waals surface area contributed by atoms with Crippen molar-refractivity contribution in [3.05, 3.63) is 0 Å². The molecule has 4 nitrogen and oxygen atoms in total. The van der Waals surface area contributed by atoms with Crippen molar-refractivity contribution in [1.82, 2.24) is 0 Å². The molecule has 0 aromatic rings. The van der Waals surface area contributed by atoms with Gasteiger partial charge in [0.05, 0.1) is 0 Å². The summed E-state index contributed by atoms with van der Waals surface area (Å²) in [6, 6.07) is 0. The van der Waals surface area contributed by atoms with E-state index in [4.69, 9.17) is 19.8 Å². The SMILES string of the molecule is CC(=O)O.CC(=O)O.[Na+].[Na+].[Na+]. The zero-order valence-electron chi connectivity index (χ0n) is 7.71. The monoisotopic (exact) mass is 189 g/mol. The Labute approximate surface area is 132 Å². The van der Waals surface area contributed by atoms with Crippen LogP contribution in [0.1, 0.15) is 13.8 Å². The summed E-state index contributed by atoms with van der Waals surface area (Å²) in [4.78, 5) is 18.0. The van der Waals surface area contributed by atoms with E-state index < -0.39 is 11.9 Å². The summed E-state index contributed by atoms with van der Waals surface area (Å²) < 4.78 is 0. The van der Waals surface area contributed by atoms with Gasteiger partial charge < -0.3 is 10.2 Å². The molecule has 0 spiro atoms. The standard InChI is InChI=1S/2C2H4O2.3Na/c2*1-2(3)4;;;/h2*1H3,(H,3,4);;;/q;;3*+1. The molecule has 0 aliphatic rings. The molecule has 0 rings (SSSR count). The Morgan fingerprint density at radius 1 is 0.818 bits per heavy atom. The van der Waals surface area contributed by atoms with E-state index in [9.17, 15) is 0 Å². The van der Waals surface area contributed by atoms with Crippen LogP contribution in [0.3, 0.4) is 0 Å². The molecular formula is C4H8Na3O4+3. The Kier molecular flexibility index (Phi) is 60.3. The van der Waals surface area contributed by atoms with E-state index in [1.807, 2.05) is 0 Å². The average Bonchev–Trinajstić information content (AvgIpc) is 1.25. The Balaban J connectivity index is -0.0000000171. The fourth-order valence-electron chi connectivity index (χ4n) is 0. The predicted octanol–water partition coefficient (Wildman–Crippen LogP) is -8.81. The number of hydrogen-bond donors (Lipinski definition) is 2. The zero-order valence-corrected chi connectivity index (χ0v) is 13.7. The second-order valence-electron chi connectivity index (χ2n) is 1.04. The second kappa shape index (κ2) is 22.7. The summed E-state index contributed by atoms with van der Waals surface area (Å²) >= 11 is 0. The van der Waals surface area contributed by atoms with Crippen molar-refractivity contribution in [1.29, 1.82) is 0 Å². The summed E-state index contributed by atoms with van der Waals surface area (Å²) in [5, 5.41) is 14.8. The minimum Gasteiger partial charge on any atom is -0.481 e. The van der Waals surface area contributed by atoms with Gasteiger partial charge >= 0.3 is 88.7 Å². The third kappa shape index (κ3) is 313. The molecular weight excluding hydrogens is 181 g/mol. The van der Waals surface area contributed by atoms with Gasteiger partial charge in [0.1, 0.15) is 0 Å². The van der Waals surface area contributed by atoms with Crippen LogP contribution in [0.5, 0.6) is 0 Å². The molecule has 7 heteroatoms. The van der Waals surface area contributed by atoms with E-state index in [-0.39, 0.29) is 88.7 Å². The smallest absolute Gasteiger partial charge is 0.481 e. The van der Waals surface area contributed by atoms with E-state index in [2.05, 4.69) is 0 Å². The molecule has 0 bridgehead atoms. The van der Waals surface area contributed by atoms with Crippen LogP contribution in [0.25, 0.3) is 0 Å². The van der Waals surface area contributed by atoms with Crippen molar-refractivity contribution in [3.8, 4) is 0 Å². The minimum absolute atomic E-state index is 0. The van der Waals surface area contributed by atoms with Crippen molar-refractivity contribution in [2.45, 2.75) is 13.8 Å². The Hall–Kier alpha value is 1.94. The average molecular weight is 189 g/mol. The van der Waals surface area contributed by atoms with E-state index in [0.29, 0.717) is 0 Å². The van der Waals surface area contributed by atoms with Gasteiger partial charge in [0.15, 0.2) is 0 Å². The molecule has 0 aromatic heterocycles. The number of carboxylic acids is 2. The largest absolute Gasteiger partial charge is 1.00 e. The summed E-state index contributed by atoms with van der Waals surface area (Å²) in [6.45, 7) is 2.17. The molecule has 0 aliphatic heterocycles. The van der Waals surface area contributed by atoms with Gasteiger partial charge in [-0.25, -0.2) is 0 Å². The molecule has 0 atom stereocenters. The van der Waals surface area contributed by atoms with Crippen LogP contribution in [0.15, 0.2) is 0 Å². The maximum atomic E-state index is 9.00. The zero-order chi connectivity index (χ0) is 7.15. The summed E-state index contributed by atoms with van der Waals surface area (Å²) in [7, 11) is 0. The van der Waals surface area contributed by atoms with Gasteiger partial charge in [0, 0.05) is 13.8 Å². The third-order valence-corrected chi connectivity index (χ3v) is 0. The van der Waals surface area contributed by atoms with Crippen LogP contribution < -0.4 is 88.7 Å². The molecule has 48 valence electrons. The number of hydrogen-bond acceptors (Lipinski definition) is 2. The van der Waals surface area contributed by atoms with Crippen LogP contribution in [0.2, 0.25) is 0 Å². The van der Waals surface area contributed by atoms with Gasteiger partial charge in [-0.15, -0.1) is 0 Å². The molecule has 0 radical (unpaired) electrons. The Morgan fingerprint density at radius 2 is 0.818 bits per heavy atom. The van der Waals surface area contributed by atoms with Crippen molar-refractivity contribution < 1.29 is 108 Å². The van der Waals surface area contributed by atoms with Gasteiger partial charge in [-0.2, -0.15) is 0 Å². The van der Waals surface area contributed by atoms with Gasteiger partial charge in [0.2, 0.25) is 0 Å². The molecule has 2 N–H and O–H groups in total. The van der Waals surface area contributed by atoms with Crippen LogP contribution in [-0.2, 0) is 9.59 Å². The second-order valence-corrected chi connectivity index (χ2v) is 1.04. The van der Waals surface area contributed by atoms with Crippen LogP contribution in [-0.4, -0.2) is 22.2 Å². The number of aliphatic carboxylic acids is 2. The molecule has 0 saturated heterocycles. The first kappa shape index (κ1) is 29.3. The van der Waals surface area contributed by atoms with Crippen LogP contribution in [0, 0.1) is 0 Å². The molecule has 0 heterocycles. The normalized spacial score (nSPS) is 4.55. The van der Waals surface area contributed by atoms with E-state index in [1.165, 1.54) is 0 Å².